The number of amides is 4. The lowest BCUT2D eigenvalue weighted by Gasteiger charge is -2.41. The number of hydrogen-bond acceptors (Lipinski definition) is 4. The third-order valence-corrected chi connectivity index (χ3v) is 9.69. The molecule has 1 aliphatic carbocycles. The summed E-state index contributed by atoms with van der Waals surface area (Å²) in [6, 6.07) is 8.51. The lowest BCUT2D eigenvalue weighted by molar-refractivity contribution is -0.136. The SMILES string of the molecule is Cc1ccc(C2SC(CC(=O)N3CCC(N4CC5=C(C=CCC5)NC4=O)CC3)C(=O)N2CCC(C)C)cc1. The molecule has 38 heavy (non-hydrogen) atoms. The predicted molar refractivity (Wildman–Crippen MR) is 151 cm³/mol. The minimum absolute atomic E-state index is 0.0309. The number of likely N-dealkylation sites (tertiary alicyclic amines) is 1. The van der Waals surface area contributed by atoms with E-state index in [1.165, 1.54) is 11.1 Å². The molecule has 7 nitrogen and oxygen atoms in total. The number of rotatable bonds is 7. The Kier molecular flexibility index (Phi) is 8.17. The van der Waals surface area contributed by atoms with E-state index in [9.17, 15) is 14.4 Å². The number of nitrogens with one attached hydrogen (secondary N) is 1. The van der Waals surface area contributed by atoms with Gasteiger partial charge in [0.15, 0.2) is 0 Å². The zero-order valence-corrected chi connectivity index (χ0v) is 23.6. The highest BCUT2D eigenvalue weighted by Gasteiger charge is 2.42. The van der Waals surface area contributed by atoms with E-state index in [1.807, 2.05) is 20.8 Å². The molecule has 5 rings (SSSR count). The third-order valence-electron chi connectivity index (χ3n) is 8.20. The van der Waals surface area contributed by atoms with Gasteiger partial charge in [-0.3, -0.25) is 9.59 Å². The van der Waals surface area contributed by atoms with E-state index in [0.29, 0.717) is 32.1 Å². The van der Waals surface area contributed by atoms with Crippen LogP contribution in [0.4, 0.5) is 4.79 Å². The van der Waals surface area contributed by atoms with E-state index >= 15 is 0 Å². The summed E-state index contributed by atoms with van der Waals surface area (Å²) in [5.74, 6) is 0.640. The third kappa shape index (κ3) is 5.80. The van der Waals surface area contributed by atoms with Gasteiger partial charge < -0.3 is 20.0 Å². The molecule has 2 fully saturated rings. The molecule has 2 atom stereocenters. The van der Waals surface area contributed by atoms with Crippen LogP contribution in [0.3, 0.4) is 0 Å². The fourth-order valence-corrected chi connectivity index (χ4v) is 7.29. The zero-order valence-electron chi connectivity index (χ0n) is 22.8. The Morgan fingerprint density at radius 2 is 1.87 bits per heavy atom. The van der Waals surface area contributed by atoms with E-state index in [0.717, 1.165) is 43.4 Å². The van der Waals surface area contributed by atoms with Crippen molar-refractivity contribution in [3.63, 3.8) is 0 Å². The first-order chi connectivity index (χ1) is 18.3. The van der Waals surface area contributed by atoms with E-state index in [2.05, 4.69) is 56.4 Å². The van der Waals surface area contributed by atoms with Crippen molar-refractivity contribution in [1.29, 1.82) is 0 Å². The van der Waals surface area contributed by atoms with Gasteiger partial charge in [0.1, 0.15) is 5.37 Å². The first-order valence-corrected chi connectivity index (χ1v) is 15.0. The molecule has 2 unspecified atom stereocenters. The minimum atomic E-state index is -0.351. The van der Waals surface area contributed by atoms with Crippen molar-refractivity contribution < 1.29 is 14.4 Å². The molecule has 2 saturated heterocycles. The van der Waals surface area contributed by atoms with Gasteiger partial charge in [-0.25, -0.2) is 4.79 Å². The van der Waals surface area contributed by atoms with Crippen LogP contribution in [0.1, 0.15) is 68.9 Å². The topological polar surface area (TPSA) is 73.0 Å². The van der Waals surface area contributed by atoms with Gasteiger partial charge in [0.2, 0.25) is 11.8 Å². The monoisotopic (exact) mass is 536 g/mol. The summed E-state index contributed by atoms with van der Waals surface area (Å²) in [4.78, 5) is 45.4. The van der Waals surface area contributed by atoms with Crippen molar-refractivity contribution in [3.05, 3.63) is 58.8 Å². The molecule has 0 spiro atoms. The molecule has 204 valence electrons. The van der Waals surface area contributed by atoms with Gasteiger partial charge in [-0.15, -0.1) is 11.8 Å². The van der Waals surface area contributed by atoms with Crippen molar-refractivity contribution in [3.8, 4) is 0 Å². The highest BCUT2D eigenvalue weighted by Crippen LogP contribution is 2.44. The number of nitrogens with zero attached hydrogens (tertiary/aromatic N) is 3. The number of carbonyl (C=O) groups excluding carboxylic acids is 3. The summed E-state index contributed by atoms with van der Waals surface area (Å²) in [6.07, 6.45) is 8.87. The largest absolute Gasteiger partial charge is 0.342 e. The number of piperidine rings is 1. The lowest BCUT2D eigenvalue weighted by Crippen LogP contribution is -2.54. The van der Waals surface area contributed by atoms with Crippen LogP contribution in [-0.2, 0) is 9.59 Å². The highest BCUT2D eigenvalue weighted by molar-refractivity contribution is 8.01. The first kappa shape index (κ1) is 26.9. The van der Waals surface area contributed by atoms with E-state index in [-0.39, 0.29) is 40.9 Å². The van der Waals surface area contributed by atoms with Crippen molar-refractivity contribution in [2.75, 3.05) is 26.2 Å². The van der Waals surface area contributed by atoms with Crippen LogP contribution in [0.5, 0.6) is 0 Å². The number of hydrogen-bond donors (Lipinski definition) is 1. The molecule has 3 aliphatic heterocycles. The number of urea groups is 1. The standard InChI is InChI=1S/C30H40N4O3S/c1-20(2)12-17-33-28(36)26(38-29(33)22-10-8-21(3)9-11-22)18-27(35)32-15-13-24(14-16-32)34-19-23-6-4-5-7-25(23)31-30(34)37/h5,7-11,20,24,26,29H,4,6,12-19H2,1-3H3,(H,31,37). The molecule has 1 aromatic carbocycles. The minimum Gasteiger partial charge on any atom is -0.342 e. The van der Waals surface area contributed by atoms with Crippen molar-refractivity contribution in [1.82, 2.24) is 20.0 Å². The molecule has 8 heteroatoms. The fraction of sp³-hybridized carbons (Fsp3) is 0.567. The molecule has 4 amide bonds. The Labute approximate surface area is 230 Å². The predicted octanol–water partition coefficient (Wildman–Crippen LogP) is 4.99. The molecule has 1 aromatic rings. The number of carbonyl (C=O) groups is 3. The van der Waals surface area contributed by atoms with Gasteiger partial charge in [0.05, 0.1) is 5.25 Å². The number of allylic oxidation sites excluding steroid dienone is 2. The Morgan fingerprint density at radius 3 is 2.58 bits per heavy atom. The number of thioether (sulfide) groups is 1. The van der Waals surface area contributed by atoms with E-state index < -0.39 is 0 Å². The maximum Gasteiger partial charge on any atom is 0.322 e. The van der Waals surface area contributed by atoms with Gasteiger partial charge in [0.25, 0.3) is 0 Å². The average molecular weight is 537 g/mol. The second kappa shape index (κ2) is 11.6. The van der Waals surface area contributed by atoms with Crippen molar-refractivity contribution in [2.24, 2.45) is 5.92 Å². The first-order valence-electron chi connectivity index (χ1n) is 14.1. The number of benzene rings is 1. The van der Waals surface area contributed by atoms with Gasteiger partial charge in [-0.05, 0) is 62.2 Å². The van der Waals surface area contributed by atoms with Crippen LogP contribution in [0.2, 0.25) is 0 Å². The zero-order chi connectivity index (χ0) is 26.8. The van der Waals surface area contributed by atoms with Crippen LogP contribution in [0.15, 0.2) is 47.7 Å². The maximum absolute atomic E-state index is 13.5. The summed E-state index contributed by atoms with van der Waals surface area (Å²) in [7, 11) is 0. The summed E-state index contributed by atoms with van der Waals surface area (Å²) in [6.45, 7) is 9.07. The molecule has 0 saturated carbocycles. The molecule has 0 bridgehead atoms. The molecular weight excluding hydrogens is 496 g/mol. The van der Waals surface area contributed by atoms with E-state index in [4.69, 9.17) is 0 Å². The van der Waals surface area contributed by atoms with Gasteiger partial charge in [0, 0.05) is 44.3 Å². The molecule has 3 heterocycles. The molecule has 0 aromatic heterocycles. The van der Waals surface area contributed by atoms with Crippen LogP contribution in [0.25, 0.3) is 0 Å². The second-order valence-corrected chi connectivity index (χ2v) is 12.7. The molecular formula is C30H40N4O3S. The van der Waals surface area contributed by atoms with Crippen molar-refractivity contribution >= 4 is 29.6 Å². The normalized spacial score (nSPS) is 24.4. The van der Waals surface area contributed by atoms with Gasteiger partial charge >= 0.3 is 6.03 Å². The fourth-order valence-electron chi connectivity index (χ4n) is 5.82. The van der Waals surface area contributed by atoms with Crippen LogP contribution in [-0.4, -0.2) is 70.0 Å². The number of aryl methyl sites for hydroxylation is 1. The second-order valence-electron chi connectivity index (χ2n) is 11.4. The van der Waals surface area contributed by atoms with Gasteiger partial charge in [-0.1, -0.05) is 49.8 Å². The van der Waals surface area contributed by atoms with Crippen LogP contribution >= 0.6 is 11.8 Å². The quantitative estimate of drug-likeness (QED) is 0.533. The van der Waals surface area contributed by atoms with Crippen LogP contribution < -0.4 is 5.32 Å². The summed E-state index contributed by atoms with van der Waals surface area (Å²) < 4.78 is 0. The van der Waals surface area contributed by atoms with Gasteiger partial charge in [-0.2, -0.15) is 0 Å². The lowest BCUT2D eigenvalue weighted by atomic mass is 9.96. The Morgan fingerprint density at radius 1 is 1.13 bits per heavy atom. The summed E-state index contributed by atoms with van der Waals surface area (Å²) in [5, 5.41) is 2.65. The Balaban J connectivity index is 1.18. The smallest absolute Gasteiger partial charge is 0.322 e. The Hall–Kier alpha value is -2.74. The maximum atomic E-state index is 13.5. The van der Waals surface area contributed by atoms with Crippen LogP contribution in [0, 0.1) is 12.8 Å². The molecule has 0 radical (unpaired) electrons. The molecule has 1 N–H and O–H groups in total. The van der Waals surface area contributed by atoms with Crippen molar-refractivity contribution in [2.45, 2.75) is 76.0 Å². The Bertz CT molecular complexity index is 1120. The van der Waals surface area contributed by atoms with E-state index in [1.54, 1.807) is 11.8 Å². The molecule has 4 aliphatic rings. The summed E-state index contributed by atoms with van der Waals surface area (Å²) in [5.41, 5.74) is 4.59. The highest BCUT2D eigenvalue weighted by atomic mass is 32.2. The summed E-state index contributed by atoms with van der Waals surface area (Å²) >= 11 is 1.62. The average Bonchev–Trinajstić information content (AvgIpc) is 3.22.